The van der Waals surface area contributed by atoms with Gasteiger partial charge in [0.1, 0.15) is 23.3 Å². The van der Waals surface area contributed by atoms with E-state index >= 15 is 0 Å². The molecule has 0 spiro atoms. The van der Waals surface area contributed by atoms with Crippen molar-refractivity contribution < 1.29 is 113 Å². The number of carbonyl (C=O) groups is 8. The maximum atomic E-state index is 14.1. The molecule has 28 nitrogen and oxygen atoms in total. The second-order valence-electron chi connectivity index (χ2n) is 33.6. The maximum Gasteiger partial charge on any atom is 0.337 e. The van der Waals surface area contributed by atoms with Crippen molar-refractivity contribution in [3.8, 4) is 0 Å². The van der Waals surface area contributed by atoms with Crippen molar-refractivity contribution in [3.63, 3.8) is 0 Å². The summed E-state index contributed by atoms with van der Waals surface area (Å²) in [5, 5.41) is 66.7. The van der Waals surface area contributed by atoms with E-state index < -0.39 is 103 Å². The van der Waals surface area contributed by atoms with E-state index in [1.54, 1.807) is 40.1 Å². The van der Waals surface area contributed by atoms with Crippen molar-refractivity contribution in [3.05, 3.63) is 262 Å². The standard InChI is InChI=1S/C36H47F2N3O6S.C19H24F2N2O.C18H27NO4S.C17H25NO6S.C15H20INO3/c1-4-11-41(12-5-2)36(45)29-19-28(20-32(21-29)48(46,47)14-8-13-42)35(44)40-33(18-27-16-30(37)22-31(38)17-27)34(43)24-39-23-26-10-7-9-25(6-3)15-26;1-2-13-4-3-5-14(6-13)11-23-12-19(24)18(22)9-15-7-16(20)10-17(21)8-15;1-4-7-19(8-5-2)17(21)14-11-15(18(22)23-3)13-16(12-14)24-10-6-9-20;1-3-6-18(7-4-2)16(20)13-10-14(17(21)22)12-15(11-13)25(23,24)9-5-8-19;1-4-6-17(7-5-2)14(18)11-8-12(15(19)20-3)10-13(16)9-11/h7,9-10,15-17,19-22,33-34,39,42-43H,4-6,8,11-14,18,23-24H2,1-3H3,(H,40,44);3-8,10,18-19,23-24H,2,9,11-12,22H2,1H3;11-13,20H,4-10H2,1-3H3;10-12,19H,3-9H2,1-2H3,(H,21,22);8-10H,4-7H2,1-3H3/t33-,34+;18-,19+;;;/m00.../s1. The number of carboxylic acids is 1. The van der Waals surface area contributed by atoms with Gasteiger partial charge in [0, 0.05) is 159 Å². The summed E-state index contributed by atoms with van der Waals surface area (Å²) in [6.45, 7) is 25.6. The number of nitrogens with two attached hydrogens (primary N) is 1. The minimum absolute atomic E-state index is 0.00685. The molecule has 8 rings (SSSR count). The van der Waals surface area contributed by atoms with Gasteiger partial charge in [-0.05, 0) is 249 Å². The Labute approximate surface area is 846 Å². The topological polar surface area (TPSA) is 420 Å². The molecule has 776 valence electrons. The molecule has 0 aliphatic carbocycles. The van der Waals surface area contributed by atoms with Crippen molar-refractivity contribution in [1.82, 2.24) is 35.6 Å². The van der Waals surface area contributed by atoms with E-state index in [1.165, 1.54) is 67.9 Å². The molecule has 5 amide bonds. The number of rotatable bonds is 53. The highest BCUT2D eigenvalue weighted by atomic mass is 127. The lowest BCUT2D eigenvalue weighted by Crippen LogP contribution is -2.48. The van der Waals surface area contributed by atoms with Gasteiger partial charge in [-0.15, -0.1) is 11.8 Å². The van der Waals surface area contributed by atoms with Crippen LogP contribution in [0.2, 0.25) is 0 Å². The Morgan fingerprint density at radius 2 is 0.738 bits per heavy atom. The summed E-state index contributed by atoms with van der Waals surface area (Å²) in [4.78, 5) is 107. The summed E-state index contributed by atoms with van der Waals surface area (Å²) >= 11 is 3.62. The van der Waals surface area contributed by atoms with Crippen molar-refractivity contribution in [2.24, 2.45) is 5.73 Å². The predicted molar refractivity (Wildman–Crippen MR) is 550 cm³/mol. The predicted octanol–water partition coefficient (Wildman–Crippen LogP) is 15.3. The summed E-state index contributed by atoms with van der Waals surface area (Å²) in [5.74, 6) is -6.75. The number of ether oxygens (including phenoxy) is 2. The first-order valence-electron chi connectivity index (χ1n) is 47.9. The van der Waals surface area contributed by atoms with Gasteiger partial charge < -0.3 is 81.4 Å². The summed E-state index contributed by atoms with van der Waals surface area (Å²) in [6.07, 6.45) is 6.99. The average molecular weight is 2140 g/mol. The zero-order valence-corrected chi connectivity index (χ0v) is 87.6. The summed E-state index contributed by atoms with van der Waals surface area (Å²) in [7, 11) is -5.10. The number of aliphatic hydroxyl groups excluding tert-OH is 5. The van der Waals surface area contributed by atoms with Gasteiger partial charge >= 0.3 is 17.9 Å². The van der Waals surface area contributed by atoms with Crippen molar-refractivity contribution >= 4 is 101 Å². The summed E-state index contributed by atoms with van der Waals surface area (Å²) in [6, 6.07) is 38.2. The van der Waals surface area contributed by atoms with Crippen LogP contribution >= 0.6 is 34.4 Å². The molecule has 0 radical (unpaired) electrons. The zero-order valence-electron chi connectivity index (χ0n) is 83.0. The third kappa shape index (κ3) is 43.5. The van der Waals surface area contributed by atoms with Crippen LogP contribution < -0.4 is 21.7 Å². The van der Waals surface area contributed by atoms with Gasteiger partial charge in [0.15, 0.2) is 19.7 Å². The molecule has 0 bridgehead atoms. The molecule has 36 heteroatoms. The van der Waals surface area contributed by atoms with Crippen LogP contribution in [0.4, 0.5) is 17.6 Å². The Bertz CT molecular complexity index is 5470. The minimum Gasteiger partial charge on any atom is -0.478 e. The lowest BCUT2D eigenvalue weighted by Gasteiger charge is -2.26. The van der Waals surface area contributed by atoms with Gasteiger partial charge in [-0.25, -0.2) is 48.8 Å². The molecule has 0 heterocycles. The molecule has 8 aromatic carbocycles. The van der Waals surface area contributed by atoms with Gasteiger partial charge in [-0.1, -0.05) is 118 Å². The van der Waals surface area contributed by atoms with Crippen molar-refractivity contribution in [2.45, 2.75) is 218 Å². The van der Waals surface area contributed by atoms with Crippen molar-refractivity contribution in [1.29, 1.82) is 0 Å². The second-order valence-corrected chi connectivity index (χ2v) is 40.2. The minimum atomic E-state index is -3.98. The van der Waals surface area contributed by atoms with E-state index in [2.05, 4.69) is 57.6 Å². The first kappa shape index (κ1) is 123. The van der Waals surface area contributed by atoms with Gasteiger partial charge in [0.05, 0.1) is 70.5 Å². The highest BCUT2D eigenvalue weighted by Gasteiger charge is 2.30. The molecule has 0 aromatic heterocycles. The van der Waals surface area contributed by atoms with Crippen LogP contribution in [0.5, 0.6) is 0 Å². The van der Waals surface area contributed by atoms with Gasteiger partial charge in [0.2, 0.25) is 0 Å². The Morgan fingerprint density at radius 1 is 0.411 bits per heavy atom. The Balaban J connectivity index is 0.000000385. The van der Waals surface area contributed by atoms with E-state index in [0.29, 0.717) is 106 Å². The molecule has 0 unspecified atom stereocenters. The van der Waals surface area contributed by atoms with Crippen LogP contribution in [0.1, 0.15) is 256 Å². The number of aromatic carboxylic acids is 1. The highest BCUT2D eigenvalue weighted by Crippen LogP contribution is 2.28. The number of benzene rings is 8. The van der Waals surface area contributed by atoms with Crippen LogP contribution in [0, 0.1) is 26.8 Å². The molecule has 141 heavy (non-hydrogen) atoms. The number of methoxy groups -OCH3 is 2. The molecule has 0 saturated heterocycles. The molecule has 8 aromatic rings. The Kier molecular flexibility index (Phi) is 57.6. The van der Waals surface area contributed by atoms with E-state index in [9.17, 15) is 93.2 Å². The quantitative estimate of drug-likeness (QED) is 0.00556. The molecule has 11 N–H and O–H groups in total. The van der Waals surface area contributed by atoms with Gasteiger partial charge in [-0.2, -0.15) is 0 Å². The first-order chi connectivity index (χ1) is 67.2. The molecule has 4 atom stereocenters. The number of esters is 2. The number of thioether (sulfide) groups is 1. The molecule has 0 fully saturated rings. The van der Waals surface area contributed by atoms with Crippen LogP contribution in [0.3, 0.4) is 0 Å². The fourth-order valence-corrected chi connectivity index (χ4v) is 19.1. The van der Waals surface area contributed by atoms with E-state index in [1.807, 2.05) is 115 Å². The van der Waals surface area contributed by atoms with Crippen LogP contribution in [0.25, 0.3) is 0 Å². The zero-order chi connectivity index (χ0) is 105. The molecule has 0 saturated carbocycles. The monoisotopic (exact) mass is 2130 g/mol. The normalized spacial score (nSPS) is 11.9. The fourth-order valence-electron chi connectivity index (χ4n) is 14.8. The fraction of sp³-hybridized carbons (Fsp3) is 0.467. The lowest BCUT2D eigenvalue weighted by atomic mass is 9.99. The van der Waals surface area contributed by atoms with Crippen LogP contribution in [-0.4, -0.2) is 256 Å². The number of sulfone groups is 2. The number of nitrogens with zero attached hydrogens (tertiary/aromatic N) is 4. The number of carbonyl (C=O) groups excluding carboxylic acids is 7. The molecular formula is C105H143F4IN8O20S3. The number of halogens is 5. The number of aryl methyl sites for hydroxylation is 2. The Morgan fingerprint density at radius 3 is 1.11 bits per heavy atom. The lowest BCUT2D eigenvalue weighted by molar-refractivity contribution is 0.0591. The third-order valence-electron chi connectivity index (χ3n) is 21.7. The number of amides is 5. The van der Waals surface area contributed by atoms with Crippen molar-refractivity contribution in [2.75, 3.05) is 117 Å². The number of hydrogen-bond donors (Lipinski definition) is 10. The SMILES string of the molecule is CCCN(CCC)C(=O)c1cc(C(=O)N[C@@H](Cc2cc(F)cc(F)c2)[C@H](O)CNCc2cccc(CC)c2)cc(S(=O)(=O)CCCO)c1.CCCN(CCC)C(=O)c1cc(C(=O)O)cc(S(=O)(=O)CCCO)c1.CCCN(CCC)C(=O)c1cc(I)cc(C(=O)OC)c1.CCCN(CCC)C(=O)c1cc(SCCCO)cc(C(=O)OC)c1.CCc1cccc(CNC[C@@H](O)[C@@H](N)Cc2cc(F)cc(F)c2)c1. The van der Waals surface area contributed by atoms with Crippen LogP contribution in [0.15, 0.2) is 172 Å². The molecule has 0 aliphatic rings. The Hall–Kier alpha value is -10.1. The smallest absolute Gasteiger partial charge is 0.337 e. The summed E-state index contributed by atoms with van der Waals surface area (Å²) in [5.41, 5.74) is 12.6. The second kappa shape index (κ2) is 66.0. The van der Waals surface area contributed by atoms with Gasteiger partial charge in [0.25, 0.3) is 29.5 Å². The van der Waals surface area contributed by atoms with E-state index in [4.69, 9.17) is 25.4 Å². The molecule has 0 aliphatic heterocycles. The number of aliphatic hydroxyl groups is 5. The van der Waals surface area contributed by atoms with E-state index in [-0.39, 0.29) is 113 Å². The number of nitrogens with one attached hydrogen (secondary N) is 3. The maximum absolute atomic E-state index is 14.1. The van der Waals surface area contributed by atoms with Crippen LogP contribution in [-0.2, 0) is 67.9 Å². The van der Waals surface area contributed by atoms with E-state index in [0.717, 1.165) is 132 Å². The highest BCUT2D eigenvalue weighted by molar-refractivity contribution is 14.1. The number of carboxylic acid groups (broad SMARTS) is 1. The number of hydrogen-bond acceptors (Lipinski definition) is 23. The average Bonchev–Trinajstić information content (AvgIpc) is 0.798. The third-order valence-corrected chi connectivity index (χ3v) is 26.9. The summed E-state index contributed by atoms with van der Waals surface area (Å²) < 4.78 is 116. The largest absolute Gasteiger partial charge is 0.478 e. The molecular weight excluding hydrogens is 1990 g/mol. The first-order valence-corrected chi connectivity index (χ1v) is 53.2. The van der Waals surface area contributed by atoms with Gasteiger partial charge in [-0.3, -0.25) is 24.0 Å².